The highest BCUT2D eigenvalue weighted by Crippen LogP contribution is 2.44. The molecule has 0 saturated carbocycles. The van der Waals surface area contributed by atoms with Gasteiger partial charge in [0.15, 0.2) is 0 Å². The van der Waals surface area contributed by atoms with Gasteiger partial charge in [-0.05, 0) is 111 Å². The van der Waals surface area contributed by atoms with E-state index in [9.17, 15) is 0 Å². The normalized spacial score (nSPS) is 11.7. The van der Waals surface area contributed by atoms with Crippen molar-refractivity contribution in [2.24, 2.45) is 0 Å². The third-order valence-electron chi connectivity index (χ3n) is 11.9. The van der Waals surface area contributed by atoms with E-state index < -0.39 is 0 Å². The number of furan rings is 1. The van der Waals surface area contributed by atoms with Crippen LogP contribution in [0.4, 0.5) is 17.1 Å². The Bertz CT molecular complexity index is 3540. The van der Waals surface area contributed by atoms with E-state index in [0.29, 0.717) is 0 Å². The summed E-state index contributed by atoms with van der Waals surface area (Å²) in [5.41, 5.74) is 12.1. The summed E-state index contributed by atoms with van der Waals surface area (Å²) in [6.07, 6.45) is 0. The molecule has 0 atom stereocenters. The summed E-state index contributed by atoms with van der Waals surface area (Å²) in [4.78, 5) is 2.32. The summed E-state index contributed by atoms with van der Waals surface area (Å²) in [6, 6.07) is 76.8. The molecule has 12 aromatic rings. The average Bonchev–Trinajstić information content (AvgIpc) is 3.88. The Morgan fingerprint density at radius 1 is 0.305 bits per heavy atom. The summed E-state index contributed by atoms with van der Waals surface area (Å²) in [5, 5.41) is 9.67. The van der Waals surface area contributed by atoms with Crippen LogP contribution >= 0.6 is 11.3 Å². The summed E-state index contributed by atoms with van der Waals surface area (Å²) in [6.45, 7) is 0. The number of fused-ring (bicyclic) bond motifs is 9. The second-order valence-electron chi connectivity index (χ2n) is 15.3. The van der Waals surface area contributed by atoms with Crippen LogP contribution in [0, 0.1) is 0 Å². The molecule has 0 radical (unpaired) electrons. The predicted octanol–water partition coefficient (Wildman–Crippen LogP) is 16.7. The van der Waals surface area contributed by atoms with Gasteiger partial charge >= 0.3 is 0 Å². The Morgan fingerprint density at radius 3 is 1.71 bits per heavy atom. The van der Waals surface area contributed by atoms with Gasteiger partial charge in [-0.15, -0.1) is 11.3 Å². The summed E-state index contributed by atoms with van der Waals surface area (Å²) < 4.78 is 9.56. The Balaban J connectivity index is 0.926. The Labute approximate surface area is 345 Å². The van der Waals surface area contributed by atoms with Crippen molar-refractivity contribution in [2.45, 2.75) is 0 Å². The van der Waals surface area contributed by atoms with Gasteiger partial charge in [0.1, 0.15) is 11.2 Å². The third kappa shape index (κ3) is 5.62. The first-order valence-corrected chi connectivity index (χ1v) is 20.9. The van der Waals surface area contributed by atoms with E-state index in [1.165, 1.54) is 58.6 Å². The smallest absolute Gasteiger partial charge is 0.143 e. The van der Waals surface area contributed by atoms with E-state index in [1.807, 2.05) is 11.3 Å². The van der Waals surface area contributed by atoms with Gasteiger partial charge in [-0.1, -0.05) is 146 Å². The number of benzene rings is 10. The maximum Gasteiger partial charge on any atom is 0.143 e. The van der Waals surface area contributed by atoms with Gasteiger partial charge in [-0.2, -0.15) is 0 Å². The molecule has 0 saturated heterocycles. The van der Waals surface area contributed by atoms with Crippen molar-refractivity contribution in [2.75, 3.05) is 4.90 Å². The maximum atomic E-state index is 6.91. The molecule has 0 spiro atoms. The maximum absolute atomic E-state index is 6.91. The Kier molecular flexibility index (Phi) is 7.75. The van der Waals surface area contributed by atoms with Crippen molar-refractivity contribution in [3.63, 3.8) is 0 Å². The molecule has 0 amide bonds. The minimum atomic E-state index is 0.903. The van der Waals surface area contributed by atoms with Crippen molar-refractivity contribution in [3.8, 4) is 33.4 Å². The molecule has 0 N–H and O–H groups in total. The monoisotopic (exact) mass is 769 g/mol. The van der Waals surface area contributed by atoms with Crippen molar-refractivity contribution in [3.05, 3.63) is 212 Å². The largest absolute Gasteiger partial charge is 0.455 e. The number of anilines is 3. The fourth-order valence-corrected chi connectivity index (χ4v) is 10.1. The third-order valence-corrected chi connectivity index (χ3v) is 13.0. The van der Waals surface area contributed by atoms with Crippen molar-refractivity contribution in [1.29, 1.82) is 0 Å². The predicted molar refractivity (Wildman–Crippen MR) is 253 cm³/mol. The van der Waals surface area contributed by atoms with E-state index in [0.717, 1.165) is 55.5 Å². The van der Waals surface area contributed by atoms with Crippen LogP contribution in [0.25, 0.3) is 97.0 Å². The molecule has 0 aliphatic rings. The van der Waals surface area contributed by atoms with Gasteiger partial charge < -0.3 is 9.32 Å². The number of nitrogens with zero attached hydrogens (tertiary/aromatic N) is 1. The van der Waals surface area contributed by atoms with Crippen LogP contribution in [-0.2, 0) is 0 Å². The average molecular weight is 770 g/mol. The van der Waals surface area contributed by atoms with E-state index in [-0.39, 0.29) is 0 Å². The second-order valence-corrected chi connectivity index (χ2v) is 16.4. The number of hydrogen-bond donors (Lipinski definition) is 0. The lowest BCUT2D eigenvalue weighted by molar-refractivity contribution is 0.674. The molecule has 2 aromatic heterocycles. The number of hydrogen-bond acceptors (Lipinski definition) is 3. The molecule has 276 valence electrons. The molecular weight excluding hydrogens is 735 g/mol. The van der Waals surface area contributed by atoms with E-state index in [1.54, 1.807) is 0 Å². The van der Waals surface area contributed by atoms with Gasteiger partial charge in [-0.25, -0.2) is 0 Å². The molecule has 10 aromatic carbocycles. The summed E-state index contributed by atoms with van der Waals surface area (Å²) in [7, 11) is 0. The summed E-state index contributed by atoms with van der Waals surface area (Å²) >= 11 is 1.86. The molecule has 3 heteroatoms. The van der Waals surface area contributed by atoms with Crippen molar-refractivity contribution >= 4 is 92.1 Å². The number of thiophene rings is 1. The Morgan fingerprint density at radius 2 is 0.898 bits per heavy atom. The van der Waals surface area contributed by atoms with Gasteiger partial charge in [0.2, 0.25) is 0 Å². The fourth-order valence-electron chi connectivity index (χ4n) is 8.97. The van der Waals surface area contributed by atoms with Gasteiger partial charge in [0.25, 0.3) is 0 Å². The van der Waals surface area contributed by atoms with E-state index >= 15 is 0 Å². The highest BCUT2D eigenvalue weighted by atomic mass is 32.1. The lowest BCUT2D eigenvalue weighted by Gasteiger charge is -2.26. The highest BCUT2D eigenvalue weighted by molar-refractivity contribution is 7.25. The molecule has 0 fully saturated rings. The first-order chi connectivity index (χ1) is 29.2. The first kappa shape index (κ1) is 33.7. The molecule has 0 aliphatic carbocycles. The molecule has 2 nitrogen and oxygen atoms in total. The van der Waals surface area contributed by atoms with Crippen LogP contribution in [-0.4, -0.2) is 0 Å². The lowest BCUT2D eigenvalue weighted by atomic mass is 9.93. The van der Waals surface area contributed by atoms with Crippen LogP contribution in [0.5, 0.6) is 0 Å². The molecular formula is C56H35NOS. The number of rotatable bonds is 6. The van der Waals surface area contributed by atoms with Crippen LogP contribution in [0.15, 0.2) is 217 Å². The molecule has 0 unspecified atom stereocenters. The van der Waals surface area contributed by atoms with Crippen LogP contribution in [0.1, 0.15) is 0 Å². The van der Waals surface area contributed by atoms with Crippen LogP contribution in [0.3, 0.4) is 0 Å². The van der Waals surface area contributed by atoms with Crippen molar-refractivity contribution in [1.82, 2.24) is 0 Å². The quantitative estimate of drug-likeness (QED) is 0.167. The molecule has 0 aliphatic heterocycles. The molecule has 12 rings (SSSR count). The zero-order valence-electron chi connectivity index (χ0n) is 32.0. The van der Waals surface area contributed by atoms with Crippen LogP contribution in [0.2, 0.25) is 0 Å². The van der Waals surface area contributed by atoms with Gasteiger partial charge in [-0.3, -0.25) is 0 Å². The topological polar surface area (TPSA) is 16.4 Å². The van der Waals surface area contributed by atoms with Gasteiger partial charge in [0.05, 0.1) is 0 Å². The fraction of sp³-hybridized carbons (Fsp3) is 0. The first-order valence-electron chi connectivity index (χ1n) is 20.1. The van der Waals surface area contributed by atoms with Crippen LogP contribution < -0.4 is 4.90 Å². The lowest BCUT2D eigenvalue weighted by Crippen LogP contribution is -2.09. The van der Waals surface area contributed by atoms with Crippen molar-refractivity contribution < 1.29 is 4.42 Å². The Hall–Kier alpha value is -7.46. The zero-order valence-corrected chi connectivity index (χ0v) is 32.8. The second kappa shape index (κ2) is 13.6. The number of para-hydroxylation sites is 2. The molecule has 59 heavy (non-hydrogen) atoms. The molecule has 2 heterocycles. The van der Waals surface area contributed by atoms with E-state index in [4.69, 9.17) is 4.42 Å². The molecule has 0 bridgehead atoms. The summed E-state index contributed by atoms with van der Waals surface area (Å²) in [5.74, 6) is 0. The highest BCUT2D eigenvalue weighted by Gasteiger charge is 2.19. The standard InChI is InChI=1S/C56H35NOS/c1-2-13-42(14-3-1)57(43-28-23-37(24-29-43)40-27-32-54-51(34-40)47-16-8-9-20-53(47)59-54)44-30-25-38(26-31-44)45-18-10-19-49-52-35-50(41-22-21-36-11-4-5-12-39(36)33-41)46-15-6-7-17-48(46)56(52)58-55(45)49/h1-35H. The minimum absolute atomic E-state index is 0.903. The van der Waals surface area contributed by atoms with E-state index in [2.05, 4.69) is 217 Å². The zero-order chi connectivity index (χ0) is 38.9. The SMILES string of the molecule is c1ccc(N(c2ccc(-c3ccc4sc5ccccc5c4c3)cc2)c2ccc(-c3cccc4c3oc3c5ccccc5c(-c5ccc6ccccc6c5)cc43)cc2)cc1. The minimum Gasteiger partial charge on any atom is -0.455 e. The van der Waals surface area contributed by atoms with Gasteiger partial charge in [0, 0.05) is 59.0 Å².